The first-order valence-corrected chi connectivity index (χ1v) is 5.78. The second-order valence-electron chi connectivity index (χ2n) is 3.79. The van der Waals surface area contributed by atoms with Crippen LogP contribution in [0.3, 0.4) is 0 Å². The van der Waals surface area contributed by atoms with Crippen molar-refractivity contribution in [3.05, 3.63) is 35.9 Å². The molecule has 0 bridgehead atoms. The van der Waals surface area contributed by atoms with Gasteiger partial charge in [0.25, 0.3) is 0 Å². The molecule has 0 radical (unpaired) electrons. The number of carbonyl (C=O) groups excluding carboxylic acids is 1. The molecule has 0 aromatic heterocycles. The molecule has 0 saturated carbocycles. The lowest BCUT2D eigenvalue weighted by Crippen LogP contribution is -2.31. The van der Waals surface area contributed by atoms with Gasteiger partial charge in [-0.1, -0.05) is 30.3 Å². The molecule has 1 N–H and O–H groups in total. The van der Waals surface area contributed by atoms with Gasteiger partial charge in [0.15, 0.2) is 5.12 Å². The highest BCUT2D eigenvalue weighted by molar-refractivity contribution is 7.96. The Bertz CT molecular complexity index is 316. The predicted octanol–water partition coefficient (Wildman–Crippen LogP) is 1.16. The molecule has 0 amide bonds. The summed E-state index contributed by atoms with van der Waals surface area (Å²) in [4.78, 5) is 12.7. The minimum Gasteiger partial charge on any atom is -0.311 e. The Labute approximate surface area is 102 Å². The molecule has 0 fully saturated rings. The monoisotopic (exact) mass is 238 g/mol. The second-order valence-corrected chi connectivity index (χ2v) is 4.29. The Morgan fingerprint density at radius 3 is 2.69 bits per heavy atom. The number of hydrogen-bond acceptors (Lipinski definition) is 3. The van der Waals surface area contributed by atoms with Gasteiger partial charge in [-0.05, 0) is 12.6 Å². The zero-order valence-corrected chi connectivity index (χ0v) is 10.4. The molecule has 0 heterocycles. The number of likely N-dealkylation sites (N-methyl/N-ethyl adjacent to an activating group) is 1. The molecule has 0 saturated heterocycles. The van der Waals surface area contributed by atoms with E-state index in [4.69, 9.17) is 0 Å². The topological polar surface area (TPSA) is 32.3 Å². The summed E-state index contributed by atoms with van der Waals surface area (Å²) in [7, 11) is 1.91. The van der Waals surface area contributed by atoms with Crippen molar-refractivity contribution < 1.29 is 4.79 Å². The summed E-state index contributed by atoms with van der Waals surface area (Å²) in [6, 6.07) is 10.3. The molecule has 4 heteroatoms. The third-order valence-corrected chi connectivity index (χ3v) is 2.39. The predicted molar refractivity (Wildman–Crippen MR) is 69.6 cm³/mol. The molecule has 0 spiro atoms. The van der Waals surface area contributed by atoms with Gasteiger partial charge in [0.05, 0.1) is 6.54 Å². The van der Waals surface area contributed by atoms with Gasteiger partial charge in [-0.15, -0.1) is 12.6 Å². The van der Waals surface area contributed by atoms with Crippen molar-refractivity contribution in [2.45, 2.75) is 6.54 Å². The average molecular weight is 238 g/mol. The van der Waals surface area contributed by atoms with E-state index >= 15 is 0 Å². The van der Waals surface area contributed by atoms with Gasteiger partial charge in [-0.3, -0.25) is 9.69 Å². The Morgan fingerprint density at radius 1 is 1.38 bits per heavy atom. The summed E-state index contributed by atoms with van der Waals surface area (Å²) in [5, 5.41) is 3.24. The van der Waals surface area contributed by atoms with E-state index in [9.17, 15) is 4.79 Å². The van der Waals surface area contributed by atoms with Crippen molar-refractivity contribution in [2.75, 3.05) is 26.7 Å². The first-order valence-electron chi connectivity index (χ1n) is 5.33. The lowest BCUT2D eigenvalue weighted by atomic mass is 10.2. The van der Waals surface area contributed by atoms with E-state index in [-0.39, 0.29) is 5.12 Å². The lowest BCUT2D eigenvalue weighted by Gasteiger charge is -2.14. The van der Waals surface area contributed by atoms with Crippen LogP contribution in [-0.4, -0.2) is 36.7 Å². The van der Waals surface area contributed by atoms with E-state index < -0.39 is 0 Å². The first-order chi connectivity index (χ1) is 7.68. The fourth-order valence-corrected chi connectivity index (χ4v) is 1.65. The fourth-order valence-electron chi connectivity index (χ4n) is 1.41. The van der Waals surface area contributed by atoms with Crippen LogP contribution in [0.4, 0.5) is 0 Å². The highest BCUT2D eigenvalue weighted by atomic mass is 32.1. The van der Waals surface area contributed by atoms with Crippen LogP contribution in [-0.2, 0) is 11.3 Å². The average Bonchev–Trinajstić information content (AvgIpc) is 2.25. The molecule has 1 aromatic carbocycles. The highest BCUT2D eigenvalue weighted by Crippen LogP contribution is 1.96. The van der Waals surface area contributed by atoms with Crippen LogP contribution in [0, 0.1) is 0 Å². The van der Waals surface area contributed by atoms with E-state index in [1.807, 2.05) is 30.1 Å². The van der Waals surface area contributed by atoms with Gasteiger partial charge in [0.1, 0.15) is 0 Å². The van der Waals surface area contributed by atoms with E-state index in [2.05, 4.69) is 30.1 Å². The van der Waals surface area contributed by atoms with Gasteiger partial charge in [0.2, 0.25) is 0 Å². The van der Waals surface area contributed by atoms with Crippen LogP contribution in [0.1, 0.15) is 5.56 Å². The van der Waals surface area contributed by atoms with Crippen LogP contribution in [0.15, 0.2) is 30.3 Å². The van der Waals surface area contributed by atoms with Crippen molar-refractivity contribution in [2.24, 2.45) is 0 Å². The maximum Gasteiger partial charge on any atom is 0.199 e. The SMILES string of the molecule is CN(CCNCc1ccccc1)CC(=O)S. The highest BCUT2D eigenvalue weighted by Gasteiger charge is 2.01. The normalized spacial score (nSPS) is 10.7. The Morgan fingerprint density at radius 2 is 2.06 bits per heavy atom. The van der Waals surface area contributed by atoms with Crippen molar-refractivity contribution >= 4 is 17.7 Å². The molecule has 88 valence electrons. The third kappa shape index (κ3) is 5.90. The Kier molecular flexibility index (Phi) is 6.15. The molecule has 16 heavy (non-hydrogen) atoms. The van der Waals surface area contributed by atoms with Crippen LogP contribution in [0.25, 0.3) is 0 Å². The molecular weight excluding hydrogens is 220 g/mol. The molecule has 0 atom stereocenters. The number of rotatable bonds is 7. The van der Waals surface area contributed by atoms with Crippen molar-refractivity contribution in [1.82, 2.24) is 10.2 Å². The first kappa shape index (κ1) is 13.2. The van der Waals surface area contributed by atoms with Gasteiger partial charge < -0.3 is 5.32 Å². The maximum atomic E-state index is 10.7. The Balaban J connectivity index is 2.10. The zero-order valence-electron chi connectivity index (χ0n) is 9.52. The summed E-state index contributed by atoms with van der Waals surface area (Å²) >= 11 is 3.74. The summed E-state index contributed by atoms with van der Waals surface area (Å²) in [5.41, 5.74) is 1.27. The summed E-state index contributed by atoms with van der Waals surface area (Å²) in [5.74, 6) is 0. The maximum absolute atomic E-state index is 10.7. The zero-order chi connectivity index (χ0) is 11.8. The molecular formula is C12H18N2OS. The molecule has 0 unspecified atom stereocenters. The van der Waals surface area contributed by atoms with Crippen molar-refractivity contribution in [1.29, 1.82) is 0 Å². The molecule has 0 aliphatic carbocycles. The molecule has 3 nitrogen and oxygen atoms in total. The fraction of sp³-hybridized carbons (Fsp3) is 0.417. The van der Waals surface area contributed by atoms with E-state index in [1.54, 1.807) is 0 Å². The largest absolute Gasteiger partial charge is 0.311 e. The van der Waals surface area contributed by atoms with E-state index in [0.29, 0.717) is 6.54 Å². The standard InChI is InChI=1S/C12H18N2OS/c1-14(10-12(15)16)8-7-13-9-11-5-3-2-4-6-11/h2-6,13H,7-10H2,1H3,(H,15,16). The van der Waals surface area contributed by atoms with Crippen LogP contribution in [0.5, 0.6) is 0 Å². The summed E-state index contributed by atoms with van der Waals surface area (Å²) < 4.78 is 0. The minimum atomic E-state index is -0.0921. The van der Waals surface area contributed by atoms with Gasteiger partial charge >= 0.3 is 0 Å². The van der Waals surface area contributed by atoms with Crippen LogP contribution >= 0.6 is 12.6 Å². The van der Waals surface area contributed by atoms with Gasteiger partial charge in [0, 0.05) is 19.6 Å². The van der Waals surface area contributed by atoms with E-state index in [0.717, 1.165) is 19.6 Å². The van der Waals surface area contributed by atoms with Crippen LogP contribution in [0.2, 0.25) is 0 Å². The minimum absolute atomic E-state index is 0.0921. The Hall–Kier alpha value is -0.840. The lowest BCUT2D eigenvalue weighted by molar-refractivity contribution is -0.111. The van der Waals surface area contributed by atoms with Gasteiger partial charge in [-0.2, -0.15) is 0 Å². The molecule has 1 rings (SSSR count). The third-order valence-electron chi connectivity index (χ3n) is 2.25. The number of nitrogens with one attached hydrogen (secondary N) is 1. The number of nitrogens with zero attached hydrogens (tertiary/aromatic N) is 1. The summed E-state index contributed by atoms with van der Waals surface area (Å²) in [6.07, 6.45) is 0. The number of hydrogen-bond donors (Lipinski definition) is 2. The van der Waals surface area contributed by atoms with Crippen LogP contribution < -0.4 is 5.32 Å². The molecule has 0 aliphatic rings. The molecule has 0 aliphatic heterocycles. The van der Waals surface area contributed by atoms with Gasteiger partial charge in [-0.25, -0.2) is 0 Å². The molecule has 1 aromatic rings. The number of benzene rings is 1. The number of thiol groups is 1. The van der Waals surface area contributed by atoms with Crippen molar-refractivity contribution in [3.8, 4) is 0 Å². The summed E-state index contributed by atoms with van der Waals surface area (Å²) in [6.45, 7) is 2.98. The smallest absolute Gasteiger partial charge is 0.199 e. The van der Waals surface area contributed by atoms with Crippen molar-refractivity contribution in [3.63, 3.8) is 0 Å². The number of carbonyl (C=O) groups is 1. The quantitative estimate of drug-likeness (QED) is 0.552. The second kappa shape index (κ2) is 7.44. The van der Waals surface area contributed by atoms with E-state index in [1.165, 1.54) is 5.56 Å².